The van der Waals surface area contributed by atoms with Gasteiger partial charge in [-0.25, -0.2) is 12.7 Å². The number of amides is 2. The fraction of sp³-hybridized carbons (Fsp3) is 0.333. The SMILES string of the molecule is CCc1cccc(C)c1NC(=O)c1cc(N2C(=O)C(C)(C)CS2(=O)=O)ccc1Cl. The smallest absolute Gasteiger partial charge is 0.257 e. The minimum Gasteiger partial charge on any atom is -0.321 e. The number of benzene rings is 2. The molecule has 0 atom stereocenters. The molecule has 1 aliphatic rings. The summed E-state index contributed by atoms with van der Waals surface area (Å²) in [5.74, 6) is -1.28. The fourth-order valence-corrected chi connectivity index (χ4v) is 5.76. The van der Waals surface area contributed by atoms with E-state index in [1.54, 1.807) is 13.8 Å². The zero-order valence-corrected chi connectivity index (χ0v) is 18.3. The number of hydrogen-bond acceptors (Lipinski definition) is 4. The second kappa shape index (κ2) is 7.46. The molecule has 1 aliphatic heterocycles. The van der Waals surface area contributed by atoms with Gasteiger partial charge in [-0.2, -0.15) is 0 Å². The van der Waals surface area contributed by atoms with Gasteiger partial charge in [0.2, 0.25) is 15.9 Å². The van der Waals surface area contributed by atoms with Gasteiger partial charge in [-0.15, -0.1) is 0 Å². The highest BCUT2D eigenvalue weighted by Crippen LogP contribution is 2.37. The topological polar surface area (TPSA) is 83.6 Å². The van der Waals surface area contributed by atoms with Gasteiger partial charge in [0.25, 0.3) is 5.91 Å². The number of nitrogens with one attached hydrogen (secondary N) is 1. The van der Waals surface area contributed by atoms with E-state index in [1.807, 2.05) is 32.0 Å². The van der Waals surface area contributed by atoms with Crippen LogP contribution in [0.5, 0.6) is 0 Å². The molecule has 0 unspecified atom stereocenters. The largest absolute Gasteiger partial charge is 0.321 e. The molecule has 29 heavy (non-hydrogen) atoms. The van der Waals surface area contributed by atoms with E-state index in [4.69, 9.17) is 11.6 Å². The van der Waals surface area contributed by atoms with Crippen molar-refractivity contribution in [1.29, 1.82) is 0 Å². The van der Waals surface area contributed by atoms with Gasteiger partial charge < -0.3 is 5.32 Å². The van der Waals surface area contributed by atoms with E-state index >= 15 is 0 Å². The molecule has 8 heteroatoms. The molecular weight excluding hydrogens is 412 g/mol. The van der Waals surface area contributed by atoms with Gasteiger partial charge in [-0.3, -0.25) is 9.59 Å². The van der Waals surface area contributed by atoms with Gasteiger partial charge in [0, 0.05) is 5.69 Å². The Kier molecular flexibility index (Phi) is 5.49. The number of anilines is 2. The Labute approximate surface area is 175 Å². The summed E-state index contributed by atoms with van der Waals surface area (Å²) >= 11 is 6.23. The number of hydrogen-bond donors (Lipinski definition) is 1. The Morgan fingerprint density at radius 2 is 1.93 bits per heavy atom. The second-order valence-electron chi connectivity index (χ2n) is 7.79. The van der Waals surface area contributed by atoms with Crippen molar-refractivity contribution in [2.75, 3.05) is 15.4 Å². The molecule has 3 rings (SSSR count). The highest BCUT2D eigenvalue weighted by atomic mass is 35.5. The molecule has 1 fully saturated rings. The lowest BCUT2D eigenvalue weighted by Gasteiger charge is -2.19. The summed E-state index contributed by atoms with van der Waals surface area (Å²) in [4.78, 5) is 25.6. The lowest BCUT2D eigenvalue weighted by atomic mass is 9.95. The standard InChI is InChI=1S/C21H23ClN2O4S/c1-5-14-8-6-7-13(2)18(14)23-19(25)16-11-15(9-10-17(16)22)24-20(26)21(3,4)12-29(24,27)28/h6-11H,5,12H2,1-4H3,(H,23,25). The number of aryl methyl sites for hydroxylation is 2. The first-order valence-electron chi connectivity index (χ1n) is 9.25. The Balaban J connectivity index is 2.01. The van der Waals surface area contributed by atoms with Gasteiger partial charge in [-0.05, 0) is 56.5 Å². The van der Waals surface area contributed by atoms with E-state index in [0.717, 1.165) is 21.9 Å². The molecule has 2 aromatic rings. The van der Waals surface area contributed by atoms with Crippen molar-refractivity contribution in [3.8, 4) is 0 Å². The molecule has 0 aliphatic carbocycles. The molecule has 154 valence electrons. The van der Waals surface area contributed by atoms with Crippen LogP contribution in [0.2, 0.25) is 5.02 Å². The molecular formula is C21H23ClN2O4S. The summed E-state index contributed by atoms with van der Waals surface area (Å²) < 4.78 is 25.9. The zero-order chi connectivity index (χ0) is 21.6. The molecule has 1 heterocycles. The van der Waals surface area contributed by atoms with Crippen molar-refractivity contribution in [2.45, 2.75) is 34.1 Å². The van der Waals surface area contributed by atoms with Crippen LogP contribution in [0.1, 0.15) is 42.3 Å². The number of carbonyl (C=O) groups is 2. The summed E-state index contributed by atoms with van der Waals surface area (Å²) in [7, 11) is -3.82. The van der Waals surface area contributed by atoms with Gasteiger partial charge in [0.1, 0.15) is 0 Å². The number of carbonyl (C=O) groups excluding carboxylic acids is 2. The summed E-state index contributed by atoms with van der Waals surface area (Å²) in [6.45, 7) is 7.05. The van der Waals surface area contributed by atoms with Crippen LogP contribution in [0.15, 0.2) is 36.4 Å². The first-order chi connectivity index (χ1) is 13.5. The molecule has 0 spiro atoms. The molecule has 0 saturated carbocycles. The third-order valence-corrected chi connectivity index (χ3v) is 7.34. The monoisotopic (exact) mass is 434 g/mol. The van der Waals surface area contributed by atoms with Crippen molar-refractivity contribution in [1.82, 2.24) is 0 Å². The maximum absolute atomic E-state index is 12.9. The molecule has 1 N–H and O–H groups in total. The fourth-order valence-electron chi connectivity index (χ4n) is 3.46. The number of halogens is 1. The predicted molar refractivity (Wildman–Crippen MR) is 115 cm³/mol. The van der Waals surface area contributed by atoms with E-state index in [1.165, 1.54) is 18.2 Å². The van der Waals surface area contributed by atoms with Crippen molar-refractivity contribution >= 4 is 44.8 Å². The van der Waals surface area contributed by atoms with E-state index in [2.05, 4.69) is 5.32 Å². The second-order valence-corrected chi connectivity index (χ2v) is 10.0. The minimum absolute atomic E-state index is 0.0992. The predicted octanol–water partition coefficient (Wildman–Crippen LogP) is 4.17. The third kappa shape index (κ3) is 3.89. The summed E-state index contributed by atoms with van der Waals surface area (Å²) in [6, 6.07) is 9.95. The summed E-state index contributed by atoms with van der Waals surface area (Å²) in [6.07, 6.45) is 0.737. The van der Waals surface area contributed by atoms with Crippen LogP contribution in [0.3, 0.4) is 0 Å². The van der Waals surface area contributed by atoms with Crippen molar-refractivity contribution in [3.05, 3.63) is 58.1 Å². The van der Waals surface area contributed by atoms with Crippen molar-refractivity contribution in [2.24, 2.45) is 5.41 Å². The highest BCUT2D eigenvalue weighted by Gasteiger charge is 2.50. The van der Waals surface area contributed by atoms with Crippen LogP contribution in [0.4, 0.5) is 11.4 Å². The van der Waals surface area contributed by atoms with Crippen LogP contribution in [-0.2, 0) is 21.2 Å². The van der Waals surface area contributed by atoms with E-state index in [9.17, 15) is 18.0 Å². The lowest BCUT2D eigenvalue weighted by Crippen LogP contribution is -2.33. The Bertz CT molecular complexity index is 1110. The Hall–Kier alpha value is -2.38. The van der Waals surface area contributed by atoms with E-state index < -0.39 is 27.3 Å². The van der Waals surface area contributed by atoms with E-state index in [-0.39, 0.29) is 22.0 Å². The zero-order valence-electron chi connectivity index (χ0n) is 16.7. The van der Waals surface area contributed by atoms with Gasteiger partial charge >= 0.3 is 0 Å². The molecule has 0 aromatic heterocycles. The van der Waals surface area contributed by atoms with Gasteiger partial charge in [-0.1, -0.05) is 36.7 Å². The van der Waals surface area contributed by atoms with Crippen molar-refractivity contribution in [3.63, 3.8) is 0 Å². The molecule has 2 aromatic carbocycles. The highest BCUT2D eigenvalue weighted by molar-refractivity contribution is 7.94. The molecule has 6 nitrogen and oxygen atoms in total. The number of sulfonamides is 1. The van der Waals surface area contributed by atoms with Crippen LogP contribution in [-0.4, -0.2) is 26.0 Å². The quantitative estimate of drug-likeness (QED) is 0.782. The third-order valence-electron chi connectivity index (χ3n) is 4.99. The number of nitrogens with zero attached hydrogens (tertiary/aromatic N) is 1. The minimum atomic E-state index is -3.82. The summed E-state index contributed by atoms with van der Waals surface area (Å²) in [5.41, 5.74) is 1.76. The molecule has 0 bridgehead atoms. The van der Waals surface area contributed by atoms with Crippen LogP contribution in [0.25, 0.3) is 0 Å². The number of rotatable bonds is 4. The summed E-state index contributed by atoms with van der Waals surface area (Å²) in [5, 5.41) is 3.04. The first kappa shape index (κ1) is 21.3. The lowest BCUT2D eigenvalue weighted by molar-refractivity contribution is -0.123. The van der Waals surface area contributed by atoms with Gasteiger partial charge in [0.15, 0.2) is 0 Å². The average Bonchev–Trinajstić information content (AvgIpc) is 2.80. The first-order valence-corrected chi connectivity index (χ1v) is 11.2. The molecule has 2 amide bonds. The van der Waals surface area contributed by atoms with E-state index in [0.29, 0.717) is 5.69 Å². The van der Waals surface area contributed by atoms with Crippen LogP contribution >= 0.6 is 11.6 Å². The normalized spacial score (nSPS) is 17.4. The van der Waals surface area contributed by atoms with Crippen LogP contribution in [0, 0.1) is 12.3 Å². The van der Waals surface area contributed by atoms with Crippen molar-refractivity contribution < 1.29 is 18.0 Å². The van der Waals surface area contributed by atoms with Gasteiger partial charge in [0.05, 0.1) is 27.4 Å². The molecule has 0 radical (unpaired) electrons. The number of para-hydroxylation sites is 1. The Morgan fingerprint density at radius 3 is 2.52 bits per heavy atom. The Morgan fingerprint density at radius 1 is 1.24 bits per heavy atom. The van der Waals surface area contributed by atoms with Crippen LogP contribution < -0.4 is 9.62 Å². The molecule has 1 saturated heterocycles. The maximum atomic E-state index is 12.9. The maximum Gasteiger partial charge on any atom is 0.257 e. The average molecular weight is 435 g/mol.